The summed E-state index contributed by atoms with van der Waals surface area (Å²) in [6.07, 6.45) is 17.5. The molecule has 0 fully saturated rings. The Kier molecular flexibility index (Phi) is 14.0. The molecule has 2 N–H and O–H groups in total. The largest absolute Gasteiger partial charge is 0.481 e. The first-order valence-corrected chi connectivity index (χ1v) is 20.3. The van der Waals surface area contributed by atoms with Gasteiger partial charge in [0.05, 0.1) is 46.1 Å². The molecule has 0 bridgehead atoms. The molecule has 0 amide bonds. The first kappa shape index (κ1) is 35.2. The fourth-order valence-corrected chi connectivity index (χ4v) is 8.55. The molecule has 0 saturated heterocycles. The number of hydrogen-bond acceptors (Lipinski definition) is 10. The Bertz CT molecular complexity index is 1670. The Balaban J connectivity index is 1.46. The van der Waals surface area contributed by atoms with Gasteiger partial charge in [-0.1, -0.05) is 53.5 Å². The summed E-state index contributed by atoms with van der Waals surface area (Å²) in [6, 6.07) is 11.9. The monoisotopic (exact) mass is 721 g/mol. The van der Waals surface area contributed by atoms with Crippen LogP contribution in [0.5, 0.6) is 5.75 Å². The molecule has 0 aliphatic carbocycles. The van der Waals surface area contributed by atoms with Crippen LogP contribution in [-0.2, 0) is 26.9 Å². The summed E-state index contributed by atoms with van der Waals surface area (Å²) in [5, 5.41) is 20.1. The van der Waals surface area contributed by atoms with E-state index in [9.17, 15) is 13.8 Å². The highest BCUT2D eigenvalue weighted by molar-refractivity contribution is 8.03. The lowest BCUT2D eigenvalue weighted by molar-refractivity contribution is -0.664. The molecule has 0 radical (unpaired) electrons. The number of carboxylic acid groups (broad SMARTS) is 2. The quantitative estimate of drug-likeness (QED) is 0.0666. The van der Waals surface area contributed by atoms with Gasteiger partial charge in [-0.25, -0.2) is 0 Å². The van der Waals surface area contributed by atoms with Crippen molar-refractivity contribution in [3.8, 4) is 5.75 Å². The van der Waals surface area contributed by atoms with E-state index in [1.165, 1.54) is 35.6 Å². The van der Waals surface area contributed by atoms with Gasteiger partial charge >= 0.3 is 11.9 Å². The Labute approximate surface area is 286 Å². The first-order chi connectivity index (χ1) is 21.8. The molecule has 3 aromatic rings. The lowest BCUT2D eigenvalue weighted by atomic mass is 10.3. The van der Waals surface area contributed by atoms with E-state index in [1.807, 2.05) is 79.1 Å². The topological polar surface area (TPSA) is 108 Å². The molecule has 1 unspecified atom stereocenters. The van der Waals surface area contributed by atoms with Crippen molar-refractivity contribution in [1.29, 1.82) is 0 Å². The number of rotatable bonds is 17. The number of aliphatic carboxylic acids is 2. The van der Waals surface area contributed by atoms with Gasteiger partial charge in [0.1, 0.15) is 10.4 Å². The van der Waals surface area contributed by atoms with Crippen LogP contribution in [0.4, 0.5) is 5.69 Å². The molecule has 0 saturated carbocycles. The third-order valence-electron chi connectivity index (χ3n) is 6.21. The maximum Gasteiger partial charge on any atom is 0.313 e. The number of carbonyl (C=O) groups is 2. The fourth-order valence-electron chi connectivity index (χ4n) is 4.30. The van der Waals surface area contributed by atoms with Crippen molar-refractivity contribution in [1.82, 2.24) is 0 Å². The lowest BCUT2D eigenvalue weighted by Crippen LogP contribution is -2.36. The van der Waals surface area contributed by atoms with E-state index in [1.54, 1.807) is 29.4 Å². The highest BCUT2D eigenvalue weighted by Gasteiger charge is 2.25. The third-order valence-corrected chi connectivity index (χ3v) is 11.6. The second-order valence-corrected chi connectivity index (χ2v) is 15.5. The van der Waals surface area contributed by atoms with Crippen molar-refractivity contribution in [2.24, 2.45) is 0 Å². The number of nitrogens with zero attached hydrogens (tertiary/aromatic N) is 2. The molecular weight excluding hydrogens is 689 g/mol. The molecule has 2 heterocycles. The van der Waals surface area contributed by atoms with Gasteiger partial charge in [0.15, 0.2) is 6.54 Å². The van der Waals surface area contributed by atoms with Crippen LogP contribution in [0, 0.1) is 0 Å². The Morgan fingerprint density at radius 1 is 1.00 bits per heavy atom. The van der Waals surface area contributed by atoms with Gasteiger partial charge in [-0.3, -0.25) is 13.8 Å². The zero-order chi connectivity index (χ0) is 32.2. The molecule has 45 heavy (non-hydrogen) atoms. The number of carboxylic acids is 2. The van der Waals surface area contributed by atoms with Crippen molar-refractivity contribution >= 4 is 103 Å². The summed E-state index contributed by atoms with van der Waals surface area (Å²) < 4.78 is 21.0. The van der Waals surface area contributed by atoms with Crippen LogP contribution in [0.3, 0.4) is 0 Å². The number of aromatic nitrogens is 1. The molecular formula is C31H33N2O6S6+. The smallest absolute Gasteiger partial charge is 0.313 e. The summed E-state index contributed by atoms with van der Waals surface area (Å²) in [5.74, 6) is 0.600. The van der Waals surface area contributed by atoms with E-state index >= 15 is 0 Å². The Morgan fingerprint density at radius 2 is 1.73 bits per heavy atom. The predicted molar refractivity (Wildman–Crippen MR) is 193 cm³/mol. The highest BCUT2D eigenvalue weighted by atomic mass is 32.2. The second kappa shape index (κ2) is 17.9. The van der Waals surface area contributed by atoms with Crippen molar-refractivity contribution < 1.29 is 32.8 Å². The van der Waals surface area contributed by atoms with Crippen LogP contribution in [0.1, 0.15) is 5.01 Å². The van der Waals surface area contributed by atoms with Crippen LogP contribution in [-0.4, -0.2) is 68.4 Å². The number of anilines is 1. The number of thioether (sulfide) groups is 3. The molecule has 1 aliphatic rings. The van der Waals surface area contributed by atoms with Crippen LogP contribution in [0.25, 0.3) is 16.3 Å². The van der Waals surface area contributed by atoms with Gasteiger partial charge in [0.25, 0.3) is 5.01 Å². The fraction of sp³-hybridized carbons (Fsp3) is 0.258. The zero-order valence-electron chi connectivity index (χ0n) is 24.6. The minimum Gasteiger partial charge on any atom is -0.481 e. The number of thiazole rings is 1. The number of benzene rings is 2. The van der Waals surface area contributed by atoms with E-state index in [4.69, 9.17) is 14.4 Å². The molecule has 4 rings (SSSR count). The maximum absolute atomic E-state index is 12.1. The summed E-state index contributed by atoms with van der Waals surface area (Å²) in [5.41, 5.74) is 2.04. The van der Waals surface area contributed by atoms with Crippen molar-refractivity contribution in [3.05, 3.63) is 82.9 Å². The normalized spacial score (nSPS) is 14.8. The van der Waals surface area contributed by atoms with E-state index in [2.05, 4.69) is 15.5 Å². The SMILES string of the molecule is CSOc1ccc2sc(C=CC=CC=CC=C3Sc4ccc(S(C)=O)cc4N3CCSCC(=O)O)[n+](CCSCC(=O)O)c2c1. The maximum atomic E-state index is 12.1. The van der Waals surface area contributed by atoms with Crippen molar-refractivity contribution in [2.45, 2.75) is 16.3 Å². The Hall–Kier alpha value is -2.62. The highest BCUT2D eigenvalue weighted by Crippen LogP contribution is 2.46. The standard InChI is InChI=1S/C31H32N2O6S6/c1-40-39-22-10-12-26-24(18-22)32(14-16-41-20-30(34)35)28(43-26)8-6-4-3-5-7-9-29-33(15-17-42-21-31(36)37)25-19-23(45(2)38)11-13-27(25)44-29/h3-13,18-19H,14-17,20-21H2,1-2H3,(H-,34,35,36,37)/p+1. The summed E-state index contributed by atoms with van der Waals surface area (Å²) in [6.45, 7) is 1.32. The minimum absolute atomic E-state index is 0.0583. The van der Waals surface area contributed by atoms with Crippen LogP contribution in [0.15, 0.2) is 87.7 Å². The number of allylic oxidation sites excluding steroid dienone is 6. The Morgan fingerprint density at radius 3 is 2.47 bits per heavy atom. The molecule has 1 aromatic heterocycles. The minimum atomic E-state index is -1.10. The average molecular weight is 722 g/mol. The molecule has 238 valence electrons. The van der Waals surface area contributed by atoms with E-state index in [0.717, 1.165) is 41.5 Å². The third kappa shape index (κ3) is 10.4. The van der Waals surface area contributed by atoms with E-state index in [-0.39, 0.29) is 11.5 Å². The van der Waals surface area contributed by atoms with E-state index in [0.29, 0.717) is 24.6 Å². The van der Waals surface area contributed by atoms with E-state index < -0.39 is 22.7 Å². The average Bonchev–Trinajstić information content (AvgIpc) is 3.53. The summed E-state index contributed by atoms with van der Waals surface area (Å²) in [4.78, 5) is 25.9. The first-order valence-electron chi connectivity index (χ1n) is 13.7. The molecule has 1 atom stereocenters. The molecule has 1 aliphatic heterocycles. The second-order valence-electron chi connectivity index (χ2n) is 9.34. The van der Waals surface area contributed by atoms with Gasteiger partial charge in [0, 0.05) is 51.5 Å². The summed E-state index contributed by atoms with van der Waals surface area (Å²) >= 11 is 7.37. The molecule has 0 spiro atoms. The number of hydrogen-bond donors (Lipinski definition) is 2. The van der Waals surface area contributed by atoms with Gasteiger partial charge in [-0.2, -0.15) is 4.57 Å². The lowest BCUT2D eigenvalue weighted by Gasteiger charge is -2.20. The van der Waals surface area contributed by atoms with Gasteiger partial charge < -0.3 is 19.3 Å². The van der Waals surface area contributed by atoms with Crippen molar-refractivity contribution in [3.63, 3.8) is 0 Å². The van der Waals surface area contributed by atoms with Crippen LogP contribution < -0.4 is 13.7 Å². The van der Waals surface area contributed by atoms with Crippen LogP contribution in [0.2, 0.25) is 0 Å². The molecule has 14 heteroatoms. The van der Waals surface area contributed by atoms with Crippen LogP contribution >= 0.6 is 58.7 Å². The van der Waals surface area contributed by atoms with Gasteiger partial charge in [0.2, 0.25) is 5.52 Å². The summed E-state index contributed by atoms with van der Waals surface area (Å²) in [7, 11) is -1.10. The van der Waals surface area contributed by atoms with Crippen molar-refractivity contribution in [2.75, 3.05) is 47.0 Å². The zero-order valence-corrected chi connectivity index (χ0v) is 29.5. The number of aryl methyl sites for hydroxylation is 1. The van der Waals surface area contributed by atoms with Gasteiger partial charge in [-0.15, -0.1) is 23.5 Å². The van der Waals surface area contributed by atoms with Gasteiger partial charge in [-0.05, 0) is 36.4 Å². The molecule has 2 aromatic carbocycles. The molecule has 8 nitrogen and oxygen atoms in total. The predicted octanol–water partition coefficient (Wildman–Crippen LogP) is 6.80. The number of fused-ring (bicyclic) bond motifs is 2.